The maximum absolute atomic E-state index is 10.4. The molecule has 648 valence electrons. The Hall–Kier alpha value is -5.76. The van der Waals surface area contributed by atoms with Crippen LogP contribution in [0.4, 0.5) is 0 Å². The predicted molar refractivity (Wildman–Crippen MR) is 439 cm³/mol. The molecule has 0 aliphatic rings. The number of aromatic nitrogens is 6. The molecule has 0 bridgehead atoms. The fourth-order valence-electron chi connectivity index (χ4n) is 12.7. The summed E-state index contributed by atoms with van der Waals surface area (Å²) in [5.41, 5.74) is 1.93. The first-order valence-corrected chi connectivity index (χ1v) is 44.2. The van der Waals surface area contributed by atoms with Crippen LogP contribution in [0.1, 0.15) is 442 Å². The van der Waals surface area contributed by atoms with Crippen molar-refractivity contribution in [1.29, 1.82) is 0 Å². The molecular weight excluding hydrogens is 1500 g/mol. The average Bonchev–Trinajstić information content (AvgIpc) is 1.87. The van der Waals surface area contributed by atoms with Gasteiger partial charge in [0, 0.05) is 21.1 Å². The summed E-state index contributed by atoms with van der Waals surface area (Å²) in [6.07, 6.45) is 93.0. The molecule has 0 spiro atoms. The molecule has 22 heteroatoms. The van der Waals surface area contributed by atoms with Crippen LogP contribution in [0.25, 0.3) is 18.2 Å². The number of carboxylic acid groups (broad SMARTS) is 6. The van der Waals surface area contributed by atoms with Crippen molar-refractivity contribution in [2.24, 2.45) is 0 Å². The van der Waals surface area contributed by atoms with Crippen molar-refractivity contribution in [1.82, 2.24) is 29.9 Å². The van der Waals surface area contributed by atoms with Crippen molar-refractivity contribution in [3.05, 3.63) is 72.9 Å². The molecule has 0 amide bonds. The van der Waals surface area contributed by atoms with Crippen LogP contribution in [-0.2, 0) is 49.8 Å². The van der Waals surface area contributed by atoms with Crippen LogP contribution in [0.2, 0.25) is 0 Å². The Morgan fingerprint density at radius 2 is 0.402 bits per heavy atom. The van der Waals surface area contributed by atoms with Crippen molar-refractivity contribution in [2.75, 3.05) is 0 Å². The van der Waals surface area contributed by atoms with Gasteiger partial charge in [0.15, 0.2) is 0 Å². The zero-order valence-electron chi connectivity index (χ0n) is 70.2. The van der Waals surface area contributed by atoms with E-state index in [1.165, 1.54) is 383 Å². The van der Waals surface area contributed by atoms with Crippen LogP contribution in [0, 0.1) is 0 Å². The number of carbonyl (C=O) groups excluding carboxylic acids is 6. The van der Waals surface area contributed by atoms with E-state index in [0.717, 1.165) is 76.0 Å². The number of aromatic amines is 3. The van der Waals surface area contributed by atoms with E-state index in [9.17, 15) is 59.4 Å². The molecule has 3 rings (SSSR count). The molecule has 112 heavy (non-hydrogen) atoms. The van der Waals surface area contributed by atoms with Crippen molar-refractivity contribution >= 4 is 54.0 Å². The normalized spacial score (nSPS) is 11.7. The molecule has 6 N–H and O–H groups in total. The molecule has 0 saturated heterocycles. The summed E-state index contributed by atoms with van der Waals surface area (Å²) in [7, 11) is 0. The van der Waals surface area contributed by atoms with Crippen LogP contribution in [0.5, 0.6) is 0 Å². The maximum Gasteiger partial charge on any atom is 0.0933 e. The molecule has 3 aromatic rings. The van der Waals surface area contributed by atoms with Gasteiger partial charge in [0.05, 0.1) is 109 Å². The van der Waals surface area contributed by atoms with Crippen molar-refractivity contribution in [3.8, 4) is 0 Å². The quantitative estimate of drug-likeness (QED) is 0.0174. The summed E-state index contributed by atoms with van der Waals surface area (Å²) in [4.78, 5) is 79.8. The van der Waals surface area contributed by atoms with Crippen LogP contribution >= 0.6 is 0 Å². The zero-order valence-corrected chi connectivity index (χ0v) is 72.2. The summed E-state index contributed by atoms with van der Waals surface area (Å²) >= 11 is 0. The van der Waals surface area contributed by atoms with E-state index < -0.39 is 54.1 Å². The van der Waals surface area contributed by atoms with Crippen molar-refractivity contribution < 1.29 is 95.8 Å². The van der Waals surface area contributed by atoms with Crippen LogP contribution in [0.15, 0.2) is 55.8 Å². The number of rotatable bonds is 72. The molecule has 3 unspecified atom stereocenters. The third-order valence-corrected chi connectivity index (χ3v) is 19.6. The van der Waals surface area contributed by atoms with E-state index in [2.05, 4.69) is 50.7 Å². The van der Waals surface area contributed by atoms with Gasteiger partial charge in [-0.2, -0.15) is 0 Å². The van der Waals surface area contributed by atoms with Gasteiger partial charge in [-0.3, -0.25) is 0 Å². The molecule has 0 aliphatic carbocycles. The van der Waals surface area contributed by atoms with Crippen molar-refractivity contribution in [2.45, 2.75) is 444 Å². The topological polar surface area (TPSA) is 388 Å². The van der Waals surface area contributed by atoms with Crippen LogP contribution in [-0.4, -0.2) is 99.4 Å². The molecule has 21 nitrogen and oxygen atoms in total. The summed E-state index contributed by atoms with van der Waals surface area (Å²) in [5, 5.41) is 88.0. The van der Waals surface area contributed by atoms with Crippen LogP contribution < -0.4 is 30.6 Å². The summed E-state index contributed by atoms with van der Waals surface area (Å²) in [6.45, 7) is 6.84. The Morgan fingerprint density at radius 1 is 0.268 bits per heavy atom. The second-order valence-electron chi connectivity index (χ2n) is 30.0. The largest absolute Gasteiger partial charge is 0.547 e. The van der Waals surface area contributed by atoms with Gasteiger partial charge < -0.3 is 89.7 Å². The van der Waals surface area contributed by atoms with Gasteiger partial charge in [-0.05, 0) is 55.7 Å². The second kappa shape index (κ2) is 92.4. The molecule has 0 aromatic carbocycles. The number of nitrogens with zero attached hydrogens (tertiary/aromatic N) is 3. The number of aliphatic hydroxyl groups excluding tert-OH is 3. The molecule has 3 atom stereocenters. The van der Waals surface area contributed by atoms with E-state index in [-0.39, 0.29) is 21.1 Å². The minimum atomic E-state index is -1.34. The number of imidazole rings is 3. The Bertz CT molecular complexity index is 2260. The van der Waals surface area contributed by atoms with Crippen molar-refractivity contribution in [3.63, 3.8) is 0 Å². The Kier molecular flexibility index (Phi) is 92.9. The molecule has 0 saturated carbocycles. The van der Waals surface area contributed by atoms with E-state index in [0.29, 0.717) is 36.3 Å². The van der Waals surface area contributed by atoms with Gasteiger partial charge in [-0.1, -0.05) is 406 Å². The molecular formula is C90H156MoN6O15-6. The minimum Gasteiger partial charge on any atom is -0.547 e. The van der Waals surface area contributed by atoms with Gasteiger partial charge in [0.1, 0.15) is 0 Å². The zero-order chi connectivity index (χ0) is 82.2. The van der Waals surface area contributed by atoms with E-state index in [4.69, 9.17) is 15.3 Å². The molecule has 0 radical (unpaired) electrons. The van der Waals surface area contributed by atoms with Crippen LogP contribution in [0.3, 0.4) is 0 Å². The number of H-pyrrole nitrogens is 3. The average molecular weight is 1660 g/mol. The standard InChI is InChI=1S/3C24H48O3.3C6H6N2O2.Mo/c3*1-2-3-4-5-6-7-8-9-10-11-12-13-14-15-16-17-18-19-20-21-22-23(25)24(26)27;3*9-6(10)2-1-5-3-7-4-8-5;/h3*23,25H,2-22H2,1H3,(H,26,27);3*1-4H,(H,7,8)(H,9,10);/p-6. The predicted octanol–water partition coefficient (Wildman–Crippen LogP) is 16.4. The number of aliphatic carboxylic acids is 6. The van der Waals surface area contributed by atoms with Gasteiger partial charge in [0.25, 0.3) is 0 Å². The second-order valence-corrected chi connectivity index (χ2v) is 30.0. The molecule has 0 aliphatic heterocycles. The number of nitrogens with one attached hydrogen (secondary N) is 3. The molecule has 3 heterocycles. The van der Waals surface area contributed by atoms with Gasteiger partial charge >= 0.3 is 0 Å². The van der Waals surface area contributed by atoms with Gasteiger partial charge in [-0.25, -0.2) is 15.0 Å². The Morgan fingerprint density at radius 3 is 0.509 bits per heavy atom. The monoisotopic (exact) mass is 1660 g/mol. The fraction of sp³-hybridized carbons (Fsp3) is 0.767. The van der Waals surface area contributed by atoms with E-state index >= 15 is 0 Å². The summed E-state index contributed by atoms with van der Waals surface area (Å²) in [5.74, 6) is -7.66. The molecule has 3 aromatic heterocycles. The number of unbranched alkanes of at least 4 members (excludes halogenated alkanes) is 57. The first-order valence-electron chi connectivity index (χ1n) is 44.2. The number of carbonyl (C=O) groups is 6. The number of carboxylic acids is 6. The summed E-state index contributed by atoms with van der Waals surface area (Å²) < 4.78 is 0. The van der Waals surface area contributed by atoms with Gasteiger partial charge in [0.2, 0.25) is 0 Å². The number of hydrogen-bond acceptors (Lipinski definition) is 18. The smallest absolute Gasteiger partial charge is 0.0933 e. The first kappa shape index (κ1) is 113. The minimum absolute atomic E-state index is 0. The molecule has 0 fully saturated rings. The Labute approximate surface area is 692 Å². The first-order chi connectivity index (χ1) is 53.9. The third-order valence-electron chi connectivity index (χ3n) is 19.6. The number of aliphatic hydroxyl groups is 3. The SMILES string of the molecule is CCCCCCCCCCCCCCCCCCCCCCC(O)C(=O)[O-].CCCCCCCCCCCCCCCCCCCCCCC(O)C(=O)[O-].CCCCCCCCCCCCCCCCCCCCCCC(O)C(=O)[O-].O=C([O-])C=Cc1cnc[nH]1.O=C([O-])C=Cc1cnc[nH]1.O=C([O-])C=Cc1cnc[nH]1.[Mo]. The third kappa shape index (κ3) is 94.8. The Balaban J connectivity index is -0.000000654. The van der Waals surface area contributed by atoms with Gasteiger partial charge in [-0.15, -0.1) is 0 Å². The summed E-state index contributed by atoms with van der Waals surface area (Å²) in [6, 6.07) is 0. The van der Waals surface area contributed by atoms with E-state index in [1.807, 2.05) is 0 Å². The fourth-order valence-corrected chi connectivity index (χ4v) is 12.7. The maximum atomic E-state index is 10.4. The van der Waals surface area contributed by atoms with E-state index in [1.54, 1.807) is 0 Å². The number of hydrogen-bond donors (Lipinski definition) is 6.